The Morgan fingerprint density at radius 2 is 1.75 bits per heavy atom. The molecule has 1 aliphatic heterocycles. The normalized spacial score (nSPS) is 14.8. The number of hydrogen-bond acceptors (Lipinski definition) is 5. The maximum absolute atomic E-state index is 12.9. The Hall–Kier alpha value is -2.02. The van der Waals surface area contributed by atoms with Crippen molar-refractivity contribution in [3.63, 3.8) is 0 Å². The van der Waals surface area contributed by atoms with Crippen LogP contribution in [0.15, 0.2) is 48.5 Å². The first-order valence-electron chi connectivity index (χ1n) is 9.31. The van der Waals surface area contributed by atoms with Gasteiger partial charge in [-0.05, 0) is 60.9 Å². The van der Waals surface area contributed by atoms with E-state index in [0.29, 0.717) is 12.0 Å². The highest BCUT2D eigenvalue weighted by atomic mass is 35.5. The van der Waals surface area contributed by atoms with Gasteiger partial charge in [0.25, 0.3) is 0 Å². The third-order valence-corrected chi connectivity index (χ3v) is 5.89. The van der Waals surface area contributed by atoms with Crippen LogP contribution >= 0.6 is 23.9 Å². The number of nitrogens with zero attached hydrogens (tertiary/aromatic N) is 3. The van der Waals surface area contributed by atoms with Gasteiger partial charge in [0.05, 0.1) is 4.70 Å². The van der Waals surface area contributed by atoms with E-state index in [4.69, 9.17) is 0 Å². The van der Waals surface area contributed by atoms with E-state index >= 15 is 0 Å². The highest BCUT2D eigenvalue weighted by Crippen LogP contribution is 2.29. The summed E-state index contributed by atoms with van der Waals surface area (Å²) in [5.41, 5.74) is 0.594. The molecule has 4 rings (SSSR count). The summed E-state index contributed by atoms with van der Waals surface area (Å²) >= 11 is 1.56. The van der Waals surface area contributed by atoms with Crippen molar-refractivity contribution in [1.29, 1.82) is 0 Å². The molecule has 7 heteroatoms. The molecule has 3 aromatic rings. The third-order valence-electron chi connectivity index (χ3n) is 5.07. The number of halogens is 2. The molecule has 2 aromatic carbocycles. The van der Waals surface area contributed by atoms with Crippen LogP contribution < -0.4 is 4.90 Å². The summed E-state index contributed by atoms with van der Waals surface area (Å²) < 4.78 is 18.8. The van der Waals surface area contributed by atoms with Gasteiger partial charge >= 0.3 is 0 Å². The zero-order valence-corrected chi connectivity index (χ0v) is 17.1. The second-order valence-corrected chi connectivity index (χ2v) is 7.67. The largest absolute Gasteiger partial charge is 0.353 e. The molecule has 1 fully saturated rings. The Morgan fingerprint density at radius 3 is 2.50 bits per heavy atom. The molecule has 0 bridgehead atoms. The number of carbonyl (C=O) groups excluding carboxylic acids is 1. The van der Waals surface area contributed by atoms with Crippen molar-refractivity contribution in [2.45, 2.75) is 12.8 Å². The van der Waals surface area contributed by atoms with Gasteiger partial charge in [-0.2, -0.15) is 4.37 Å². The zero-order chi connectivity index (χ0) is 18.6. The summed E-state index contributed by atoms with van der Waals surface area (Å²) in [5, 5.41) is 1.24. The summed E-state index contributed by atoms with van der Waals surface area (Å²) in [6.45, 7) is 4.80. The quantitative estimate of drug-likeness (QED) is 0.545. The van der Waals surface area contributed by atoms with Gasteiger partial charge in [-0.15, -0.1) is 12.4 Å². The number of ketones is 1. The number of rotatable bonds is 6. The van der Waals surface area contributed by atoms with Crippen LogP contribution in [-0.4, -0.2) is 47.8 Å². The minimum atomic E-state index is -0.308. The Bertz CT molecular complexity index is 923. The average molecular weight is 420 g/mol. The average Bonchev–Trinajstić information content (AvgIpc) is 3.13. The lowest BCUT2D eigenvalue weighted by Gasteiger charge is -2.35. The summed E-state index contributed by atoms with van der Waals surface area (Å²) in [4.78, 5) is 16.9. The summed E-state index contributed by atoms with van der Waals surface area (Å²) in [5.74, 6) is 0.877. The molecule has 1 aromatic heterocycles. The van der Waals surface area contributed by atoms with E-state index < -0.39 is 0 Å². The van der Waals surface area contributed by atoms with E-state index in [1.54, 1.807) is 23.7 Å². The smallest absolute Gasteiger partial charge is 0.162 e. The maximum Gasteiger partial charge on any atom is 0.162 e. The SMILES string of the molecule is Cl.O=C(CCCN1CCN(c2nsc3ccccc23)CC1)c1ccc(F)cc1. The van der Waals surface area contributed by atoms with Crippen molar-refractivity contribution >= 4 is 45.6 Å². The minimum Gasteiger partial charge on any atom is -0.353 e. The van der Waals surface area contributed by atoms with Gasteiger partial charge in [0.1, 0.15) is 11.6 Å². The molecule has 0 amide bonds. The van der Waals surface area contributed by atoms with Crippen LogP contribution in [0, 0.1) is 5.82 Å². The van der Waals surface area contributed by atoms with Gasteiger partial charge in [-0.25, -0.2) is 4.39 Å². The molecule has 0 atom stereocenters. The van der Waals surface area contributed by atoms with Gasteiger partial charge in [-0.1, -0.05) is 12.1 Å². The number of hydrogen-bond donors (Lipinski definition) is 0. The second kappa shape index (κ2) is 9.45. The van der Waals surface area contributed by atoms with E-state index in [9.17, 15) is 9.18 Å². The Labute approximate surface area is 174 Å². The predicted molar refractivity (Wildman–Crippen MR) is 115 cm³/mol. The second-order valence-electron chi connectivity index (χ2n) is 6.86. The van der Waals surface area contributed by atoms with Crippen molar-refractivity contribution < 1.29 is 9.18 Å². The highest BCUT2D eigenvalue weighted by molar-refractivity contribution is 7.13. The van der Waals surface area contributed by atoms with Gasteiger partial charge < -0.3 is 4.90 Å². The number of carbonyl (C=O) groups is 1. The molecular weight excluding hydrogens is 397 g/mol. The van der Waals surface area contributed by atoms with Crippen LogP contribution in [0.5, 0.6) is 0 Å². The van der Waals surface area contributed by atoms with Crippen LogP contribution in [0.1, 0.15) is 23.2 Å². The topological polar surface area (TPSA) is 36.4 Å². The number of benzene rings is 2. The lowest BCUT2D eigenvalue weighted by Crippen LogP contribution is -2.46. The molecule has 1 aliphatic rings. The first kappa shape index (κ1) is 20.7. The number of anilines is 1. The molecular formula is C21H23ClFN3OS. The fourth-order valence-corrected chi connectivity index (χ4v) is 4.32. The molecule has 0 radical (unpaired) electrons. The van der Waals surface area contributed by atoms with Crippen LogP contribution in [0.3, 0.4) is 0 Å². The summed E-state index contributed by atoms with van der Waals surface area (Å²) in [6.07, 6.45) is 1.33. The standard InChI is InChI=1S/C21H22FN3OS.ClH/c22-17-9-7-16(8-10-17)19(26)5-3-11-24-12-14-25(15-13-24)21-18-4-1-2-6-20(18)27-23-21;/h1-2,4,6-10H,3,5,11-15H2;1H. The van der Waals surface area contributed by atoms with E-state index in [-0.39, 0.29) is 24.0 Å². The number of Topliss-reactive ketones (excluding diaryl/α,β-unsaturated/α-hetero) is 1. The Morgan fingerprint density at radius 1 is 1.04 bits per heavy atom. The van der Waals surface area contributed by atoms with Crippen LogP contribution in [0.4, 0.5) is 10.2 Å². The van der Waals surface area contributed by atoms with E-state index in [1.165, 1.54) is 22.2 Å². The van der Waals surface area contributed by atoms with Crippen LogP contribution in [-0.2, 0) is 0 Å². The summed E-state index contributed by atoms with van der Waals surface area (Å²) in [7, 11) is 0. The van der Waals surface area contributed by atoms with Gasteiger partial charge in [0.2, 0.25) is 0 Å². The fraction of sp³-hybridized carbons (Fsp3) is 0.333. The molecule has 0 saturated carbocycles. The van der Waals surface area contributed by atoms with E-state index in [1.807, 2.05) is 0 Å². The molecule has 148 valence electrons. The number of fused-ring (bicyclic) bond motifs is 1. The molecule has 2 heterocycles. The first-order chi connectivity index (χ1) is 13.2. The van der Waals surface area contributed by atoms with Crippen molar-refractivity contribution in [3.05, 3.63) is 59.9 Å². The van der Waals surface area contributed by atoms with Crippen molar-refractivity contribution in [2.75, 3.05) is 37.6 Å². The van der Waals surface area contributed by atoms with E-state index in [2.05, 4.69) is 38.4 Å². The van der Waals surface area contributed by atoms with Crippen molar-refractivity contribution in [1.82, 2.24) is 9.27 Å². The van der Waals surface area contributed by atoms with Crippen LogP contribution in [0.25, 0.3) is 10.1 Å². The molecule has 0 unspecified atom stereocenters. The van der Waals surface area contributed by atoms with Crippen LogP contribution in [0.2, 0.25) is 0 Å². The first-order valence-corrected chi connectivity index (χ1v) is 10.1. The maximum atomic E-state index is 12.9. The molecule has 28 heavy (non-hydrogen) atoms. The molecule has 1 saturated heterocycles. The lowest BCUT2D eigenvalue weighted by molar-refractivity contribution is 0.0974. The Kier molecular flexibility index (Phi) is 6.99. The van der Waals surface area contributed by atoms with Gasteiger partial charge in [0.15, 0.2) is 5.78 Å². The number of aromatic nitrogens is 1. The van der Waals surface area contributed by atoms with Crippen molar-refractivity contribution in [2.24, 2.45) is 0 Å². The van der Waals surface area contributed by atoms with E-state index in [0.717, 1.165) is 45.0 Å². The monoisotopic (exact) mass is 419 g/mol. The zero-order valence-electron chi connectivity index (χ0n) is 15.5. The predicted octanol–water partition coefficient (Wildman–Crippen LogP) is 4.64. The summed E-state index contributed by atoms with van der Waals surface area (Å²) in [6, 6.07) is 14.2. The minimum absolute atomic E-state index is 0. The van der Waals surface area contributed by atoms with Gasteiger partial charge in [-0.3, -0.25) is 9.69 Å². The van der Waals surface area contributed by atoms with Gasteiger partial charge in [0, 0.05) is 43.5 Å². The fourth-order valence-electron chi connectivity index (χ4n) is 3.53. The highest BCUT2D eigenvalue weighted by Gasteiger charge is 2.20. The molecule has 0 N–H and O–H groups in total. The lowest BCUT2D eigenvalue weighted by atomic mass is 10.1. The van der Waals surface area contributed by atoms with Crippen molar-refractivity contribution in [3.8, 4) is 0 Å². The Balaban J connectivity index is 0.00000225. The number of piperazine rings is 1. The third kappa shape index (κ3) is 4.69. The molecule has 0 aliphatic carbocycles. The molecule has 4 nitrogen and oxygen atoms in total. The molecule has 0 spiro atoms.